The molecule has 0 saturated heterocycles. The molecule has 134 valence electrons. The van der Waals surface area contributed by atoms with Gasteiger partial charge in [-0.25, -0.2) is 9.97 Å². The fourth-order valence-corrected chi connectivity index (χ4v) is 3.35. The van der Waals surface area contributed by atoms with Gasteiger partial charge >= 0.3 is 0 Å². The van der Waals surface area contributed by atoms with Crippen molar-refractivity contribution in [1.82, 2.24) is 20.3 Å². The minimum atomic E-state index is -0.108. The number of anilines is 1. The Morgan fingerprint density at radius 2 is 1.92 bits per heavy atom. The predicted octanol–water partition coefficient (Wildman–Crippen LogP) is 3.95. The Hall–Kier alpha value is -2.89. The van der Waals surface area contributed by atoms with Crippen LogP contribution >= 0.6 is 0 Å². The summed E-state index contributed by atoms with van der Waals surface area (Å²) in [6.45, 7) is 10.2. The second kappa shape index (κ2) is 5.56. The number of nitrogens with one attached hydrogen (secondary N) is 3. The van der Waals surface area contributed by atoms with Gasteiger partial charge in [0.1, 0.15) is 11.3 Å². The maximum atomic E-state index is 12.1. The summed E-state index contributed by atoms with van der Waals surface area (Å²) in [5.74, 6) is 0.745. The van der Waals surface area contributed by atoms with E-state index in [2.05, 4.69) is 36.4 Å². The summed E-state index contributed by atoms with van der Waals surface area (Å²) < 4.78 is 0. The Labute approximate surface area is 152 Å². The number of carbonyl (C=O) groups excluding carboxylic acids is 1. The average Bonchev–Trinajstić information content (AvgIpc) is 3.08. The molecule has 0 radical (unpaired) electrons. The molecule has 0 fully saturated rings. The predicted molar refractivity (Wildman–Crippen MR) is 103 cm³/mol. The Morgan fingerprint density at radius 3 is 2.62 bits per heavy atom. The van der Waals surface area contributed by atoms with Crippen molar-refractivity contribution < 1.29 is 4.79 Å². The number of aryl methyl sites for hydroxylation is 1. The SMILES string of the molecule is Cc1nc2cccc(-c3cc4c([nH]3)[C@@H](C)NC4=O)c2nc1NC(C)(C)C. The average molecular weight is 349 g/mol. The summed E-state index contributed by atoms with van der Waals surface area (Å²) in [6, 6.07) is 7.84. The molecular weight excluding hydrogens is 326 g/mol. The smallest absolute Gasteiger partial charge is 0.253 e. The summed E-state index contributed by atoms with van der Waals surface area (Å²) in [4.78, 5) is 25.0. The van der Waals surface area contributed by atoms with Crippen molar-refractivity contribution >= 4 is 22.8 Å². The minimum absolute atomic E-state index is 0.00678. The van der Waals surface area contributed by atoms with E-state index >= 15 is 0 Å². The van der Waals surface area contributed by atoms with Gasteiger partial charge in [0.2, 0.25) is 0 Å². The zero-order chi connectivity index (χ0) is 18.6. The van der Waals surface area contributed by atoms with Crippen LogP contribution in [0.15, 0.2) is 24.3 Å². The molecule has 26 heavy (non-hydrogen) atoms. The first kappa shape index (κ1) is 16.6. The van der Waals surface area contributed by atoms with Crippen LogP contribution in [0.5, 0.6) is 0 Å². The lowest BCUT2D eigenvalue weighted by Gasteiger charge is -2.22. The van der Waals surface area contributed by atoms with Gasteiger partial charge in [-0.05, 0) is 46.8 Å². The minimum Gasteiger partial charge on any atom is -0.364 e. The number of H-pyrrole nitrogens is 1. The number of para-hydroxylation sites is 1. The van der Waals surface area contributed by atoms with Gasteiger partial charge in [-0.2, -0.15) is 0 Å². The van der Waals surface area contributed by atoms with Crippen molar-refractivity contribution in [1.29, 1.82) is 0 Å². The van der Waals surface area contributed by atoms with Crippen LogP contribution in [0.2, 0.25) is 0 Å². The van der Waals surface area contributed by atoms with Gasteiger partial charge in [0.25, 0.3) is 5.91 Å². The molecule has 0 bridgehead atoms. The van der Waals surface area contributed by atoms with Gasteiger partial charge in [0, 0.05) is 16.8 Å². The number of hydrogen-bond donors (Lipinski definition) is 3. The maximum Gasteiger partial charge on any atom is 0.253 e. The van der Waals surface area contributed by atoms with Crippen LogP contribution in [0, 0.1) is 6.92 Å². The molecule has 2 aromatic heterocycles. The van der Waals surface area contributed by atoms with Crippen LogP contribution in [0.4, 0.5) is 5.82 Å². The Morgan fingerprint density at radius 1 is 1.15 bits per heavy atom. The molecule has 3 aromatic rings. The highest BCUT2D eigenvalue weighted by molar-refractivity contribution is 6.01. The van der Waals surface area contributed by atoms with Gasteiger partial charge in [-0.15, -0.1) is 0 Å². The fraction of sp³-hybridized carbons (Fsp3) is 0.350. The molecule has 1 amide bonds. The van der Waals surface area contributed by atoms with E-state index in [4.69, 9.17) is 9.97 Å². The van der Waals surface area contributed by atoms with Gasteiger partial charge in [-0.1, -0.05) is 12.1 Å². The van der Waals surface area contributed by atoms with Gasteiger partial charge in [0.05, 0.1) is 28.5 Å². The molecule has 3 heterocycles. The van der Waals surface area contributed by atoms with E-state index in [0.29, 0.717) is 5.56 Å². The normalized spacial score (nSPS) is 16.7. The van der Waals surface area contributed by atoms with Crippen molar-refractivity contribution in [3.8, 4) is 11.3 Å². The second-order valence-electron chi connectivity index (χ2n) is 7.91. The van der Waals surface area contributed by atoms with E-state index in [0.717, 1.165) is 39.5 Å². The lowest BCUT2D eigenvalue weighted by molar-refractivity contribution is 0.0958. The lowest BCUT2D eigenvalue weighted by Crippen LogP contribution is -2.27. The molecule has 6 heteroatoms. The standard InChI is InChI=1S/C20H23N5O/c1-10-16-13(19(26)22-10)9-15(23-16)12-7-6-8-14-17(12)24-18(11(2)21-14)25-20(3,4)5/h6-10,23H,1-5H3,(H,22,26)(H,24,25)/t10-/m1/s1. The Bertz CT molecular complexity index is 1030. The molecule has 1 aromatic carbocycles. The van der Waals surface area contributed by atoms with E-state index in [9.17, 15) is 4.79 Å². The zero-order valence-electron chi connectivity index (χ0n) is 15.7. The number of benzene rings is 1. The summed E-state index contributed by atoms with van der Waals surface area (Å²) >= 11 is 0. The number of hydrogen-bond acceptors (Lipinski definition) is 4. The topological polar surface area (TPSA) is 82.7 Å². The third kappa shape index (κ3) is 2.71. The number of nitrogens with zero attached hydrogens (tertiary/aromatic N) is 2. The van der Waals surface area contributed by atoms with E-state index in [1.165, 1.54) is 0 Å². The van der Waals surface area contributed by atoms with E-state index in [1.807, 2.05) is 38.1 Å². The quantitative estimate of drug-likeness (QED) is 0.654. The molecular formula is C20H23N5O. The van der Waals surface area contributed by atoms with E-state index in [1.54, 1.807) is 0 Å². The van der Waals surface area contributed by atoms with Gasteiger partial charge in [0.15, 0.2) is 0 Å². The monoisotopic (exact) mass is 349 g/mol. The number of amides is 1. The van der Waals surface area contributed by atoms with Crippen molar-refractivity contribution in [2.24, 2.45) is 0 Å². The zero-order valence-corrected chi connectivity index (χ0v) is 15.7. The number of carbonyl (C=O) groups is 1. The van der Waals surface area contributed by atoms with Crippen molar-refractivity contribution in [2.45, 2.75) is 46.2 Å². The molecule has 1 aliphatic rings. The fourth-order valence-electron chi connectivity index (χ4n) is 3.35. The van der Waals surface area contributed by atoms with Crippen LogP contribution in [0.3, 0.4) is 0 Å². The first-order valence-corrected chi connectivity index (χ1v) is 8.82. The Kier molecular flexibility index (Phi) is 3.54. The number of aromatic amines is 1. The molecule has 4 rings (SSSR count). The highest BCUT2D eigenvalue weighted by Gasteiger charge is 2.28. The largest absolute Gasteiger partial charge is 0.364 e. The van der Waals surface area contributed by atoms with Gasteiger partial charge in [-0.3, -0.25) is 4.79 Å². The Balaban J connectivity index is 1.88. The third-order valence-corrected chi connectivity index (χ3v) is 4.53. The van der Waals surface area contributed by atoms with Crippen molar-refractivity contribution in [3.05, 3.63) is 41.2 Å². The molecule has 1 atom stereocenters. The summed E-state index contributed by atoms with van der Waals surface area (Å²) in [7, 11) is 0. The van der Waals surface area contributed by atoms with E-state index < -0.39 is 0 Å². The second-order valence-corrected chi connectivity index (χ2v) is 7.91. The highest BCUT2D eigenvalue weighted by Crippen LogP contribution is 2.33. The maximum absolute atomic E-state index is 12.1. The van der Waals surface area contributed by atoms with E-state index in [-0.39, 0.29) is 17.5 Å². The first-order chi connectivity index (χ1) is 12.2. The number of fused-ring (bicyclic) bond motifs is 2. The third-order valence-electron chi connectivity index (χ3n) is 4.53. The molecule has 0 unspecified atom stereocenters. The number of rotatable bonds is 2. The lowest BCUT2D eigenvalue weighted by atomic mass is 10.1. The van der Waals surface area contributed by atoms with Crippen LogP contribution < -0.4 is 10.6 Å². The van der Waals surface area contributed by atoms with Crippen LogP contribution in [0.1, 0.15) is 55.5 Å². The van der Waals surface area contributed by atoms with Crippen molar-refractivity contribution in [3.63, 3.8) is 0 Å². The molecule has 0 aliphatic carbocycles. The van der Waals surface area contributed by atoms with Crippen LogP contribution in [-0.2, 0) is 0 Å². The molecule has 1 aliphatic heterocycles. The summed E-state index contributed by atoms with van der Waals surface area (Å²) in [5, 5.41) is 6.34. The summed E-state index contributed by atoms with van der Waals surface area (Å²) in [6.07, 6.45) is 0. The van der Waals surface area contributed by atoms with Crippen LogP contribution in [-0.4, -0.2) is 26.4 Å². The molecule has 3 N–H and O–H groups in total. The van der Waals surface area contributed by atoms with Crippen molar-refractivity contribution in [2.75, 3.05) is 5.32 Å². The molecule has 0 spiro atoms. The van der Waals surface area contributed by atoms with Crippen LogP contribution in [0.25, 0.3) is 22.3 Å². The highest BCUT2D eigenvalue weighted by atomic mass is 16.2. The molecule has 0 saturated carbocycles. The summed E-state index contributed by atoms with van der Waals surface area (Å²) in [5.41, 5.74) is 5.88. The van der Waals surface area contributed by atoms with Gasteiger partial charge < -0.3 is 15.6 Å². The molecule has 6 nitrogen and oxygen atoms in total. The first-order valence-electron chi connectivity index (χ1n) is 8.82. The number of aromatic nitrogens is 3.